The lowest BCUT2D eigenvalue weighted by molar-refractivity contribution is -0.160. The van der Waals surface area contributed by atoms with Crippen molar-refractivity contribution in [1.29, 1.82) is 0 Å². The maximum atomic E-state index is 12.5. The molecule has 1 atom stereocenters. The molecule has 0 N–H and O–H groups in total. The van der Waals surface area contributed by atoms with Crippen molar-refractivity contribution in [3.05, 3.63) is 36.4 Å². The largest absolute Gasteiger partial charge is 0.459 e. The Bertz CT molecular complexity index is 917. The summed E-state index contributed by atoms with van der Waals surface area (Å²) in [5.41, 5.74) is 2.71. The molecule has 2 aromatic heterocycles. The first kappa shape index (κ1) is 21.2. The van der Waals surface area contributed by atoms with Crippen molar-refractivity contribution >= 4 is 17.8 Å². The maximum absolute atomic E-state index is 12.5. The molecule has 2 aliphatic heterocycles. The van der Waals surface area contributed by atoms with Crippen LogP contribution in [0.5, 0.6) is 0 Å². The molecule has 31 heavy (non-hydrogen) atoms. The van der Waals surface area contributed by atoms with E-state index in [1.54, 1.807) is 24.2 Å². The van der Waals surface area contributed by atoms with Crippen LogP contribution in [0.1, 0.15) is 31.4 Å². The number of ether oxygens (including phenoxy) is 2. The van der Waals surface area contributed by atoms with Crippen molar-refractivity contribution in [1.82, 2.24) is 19.9 Å². The number of rotatable bonds is 4. The number of likely N-dealkylation sites (tertiary alicyclic amines) is 1. The van der Waals surface area contributed by atoms with Crippen LogP contribution in [0.4, 0.5) is 5.95 Å². The van der Waals surface area contributed by atoms with Crippen LogP contribution in [0.3, 0.4) is 0 Å². The fourth-order valence-corrected chi connectivity index (χ4v) is 4.06. The second-order valence-electron chi connectivity index (χ2n) is 7.62. The van der Waals surface area contributed by atoms with Gasteiger partial charge in [0, 0.05) is 61.8 Å². The number of carbonyl (C=O) groups is 2. The quantitative estimate of drug-likeness (QED) is 0.539. The molecule has 0 aromatic carbocycles. The van der Waals surface area contributed by atoms with E-state index in [4.69, 9.17) is 14.5 Å². The number of nitrogens with zero attached hydrogens (tertiary/aromatic N) is 5. The summed E-state index contributed by atoms with van der Waals surface area (Å²) in [5, 5.41) is 0. The fraction of sp³-hybridized carbons (Fsp3) is 0.500. The van der Waals surface area contributed by atoms with E-state index < -0.39 is 11.9 Å². The van der Waals surface area contributed by atoms with Crippen molar-refractivity contribution < 1.29 is 19.1 Å². The first-order valence-corrected chi connectivity index (χ1v) is 10.7. The van der Waals surface area contributed by atoms with Gasteiger partial charge in [0.15, 0.2) is 0 Å². The maximum Gasteiger partial charge on any atom is 0.397 e. The number of esters is 1. The minimum absolute atomic E-state index is 0.00915. The standard InChI is InChI=1S/C22H27N5O4/c1-2-31-21(29)20(28)27-8-4-6-17(15-27)19-18(16-5-3-7-23-13-16)14-24-22(25-19)26-9-11-30-12-10-26/h3,5,7,13-14,17H,2,4,6,8-12,15H2,1H3/t17-/m1/s1. The Hall–Kier alpha value is -3.07. The van der Waals surface area contributed by atoms with Gasteiger partial charge in [0.25, 0.3) is 0 Å². The molecular weight excluding hydrogens is 398 g/mol. The number of amides is 1. The van der Waals surface area contributed by atoms with Crippen molar-refractivity contribution in [2.45, 2.75) is 25.7 Å². The molecule has 9 heteroatoms. The molecule has 0 aliphatic carbocycles. The smallest absolute Gasteiger partial charge is 0.397 e. The van der Waals surface area contributed by atoms with Gasteiger partial charge in [-0.15, -0.1) is 0 Å². The summed E-state index contributed by atoms with van der Waals surface area (Å²) < 4.78 is 10.4. The monoisotopic (exact) mass is 425 g/mol. The van der Waals surface area contributed by atoms with E-state index in [0.29, 0.717) is 32.3 Å². The Morgan fingerprint density at radius 3 is 2.81 bits per heavy atom. The molecule has 0 bridgehead atoms. The van der Waals surface area contributed by atoms with Gasteiger partial charge >= 0.3 is 11.9 Å². The van der Waals surface area contributed by atoms with Gasteiger partial charge in [0.1, 0.15) is 0 Å². The highest BCUT2D eigenvalue weighted by Crippen LogP contribution is 2.34. The first-order valence-electron chi connectivity index (χ1n) is 10.7. The number of pyridine rings is 1. The van der Waals surface area contributed by atoms with Crippen molar-refractivity contribution in [2.24, 2.45) is 0 Å². The molecule has 0 radical (unpaired) electrons. The van der Waals surface area contributed by atoms with Crippen molar-refractivity contribution in [2.75, 3.05) is 50.9 Å². The number of aromatic nitrogens is 3. The molecule has 9 nitrogen and oxygen atoms in total. The highest BCUT2D eigenvalue weighted by Gasteiger charge is 2.32. The van der Waals surface area contributed by atoms with Gasteiger partial charge in [0.2, 0.25) is 5.95 Å². The number of hydrogen-bond acceptors (Lipinski definition) is 8. The summed E-state index contributed by atoms with van der Waals surface area (Å²) in [5.74, 6) is -0.728. The Balaban J connectivity index is 1.65. The average Bonchev–Trinajstić information content (AvgIpc) is 2.84. The number of carbonyl (C=O) groups excluding carboxylic acids is 2. The van der Waals surface area contributed by atoms with E-state index in [1.165, 1.54) is 0 Å². The van der Waals surface area contributed by atoms with Crippen LogP contribution >= 0.6 is 0 Å². The second kappa shape index (κ2) is 9.82. The van der Waals surface area contributed by atoms with Crippen LogP contribution in [-0.2, 0) is 19.1 Å². The third-order valence-corrected chi connectivity index (χ3v) is 5.62. The molecule has 2 saturated heterocycles. The Kier molecular flexibility index (Phi) is 6.71. The Morgan fingerprint density at radius 1 is 1.23 bits per heavy atom. The molecule has 1 amide bonds. The predicted molar refractivity (Wildman–Crippen MR) is 113 cm³/mol. The topological polar surface area (TPSA) is 97.8 Å². The highest BCUT2D eigenvalue weighted by atomic mass is 16.5. The molecule has 0 unspecified atom stereocenters. The molecule has 2 aromatic rings. The van der Waals surface area contributed by atoms with Crippen LogP contribution in [0.25, 0.3) is 11.1 Å². The van der Waals surface area contributed by atoms with E-state index in [1.807, 2.05) is 18.3 Å². The van der Waals surface area contributed by atoms with Gasteiger partial charge in [-0.2, -0.15) is 0 Å². The molecule has 2 aliphatic rings. The van der Waals surface area contributed by atoms with Gasteiger partial charge in [-0.05, 0) is 25.8 Å². The molecule has 4 heterocycles. The summed E-state index contributed by atoms with van der Waals surface area (Å²) in [6.07, 6.45) is 7.03. The number of piperidine rings is 1. The summed E-state index contributed by atoms with van der Waals surface area (Å²) in [7, 11) is 0. The predicted octanol–water partition coefficient (Wildman–Crippen LogP) is 1.64. The fourth-order valence-electron chi connectivity index (χ4n) is 4.06. The summed E-state index contributed by atoms with van der Waals surface area (Å²) in [4.78, 5) is 42.0. The van der Waals surface area contributed by atoms with Gasteiger partial charge in [0.05, 0.1) is 25.5 Å². The highest BCUT2D eigenvalue weighted by molar-refractivity contribution is 6.32. The van der Waals surface area contributed by atoms with E-state index in [9.17, 15) is 9.59 Å². The third-order valence-electron chi connectivity index (χ3n) is 5.62. The van der Waals surface area contributed by atoms with E-state index in [0.717, 1.165) is 42.8 Å². The van der Waals surface area contributed by atoms with E-state index in [2.05, 4.69) is 14.9 Å². The molecule has 2 fully saturated rings. The molecule has 0 saturated carbocycles. The van der Waals surface area contributed by atoms with Gasteiger partial charge in [-0.25, -0.2) is 14.8 Å². The van der Waals surface area contributed by atoms with Gasteiger partial charge in [-0.3, -0.25) is 9.78 Å². The number of anilines is 1. The lowest BCUT2D eigenvalue weighted by atomic mass is 9.90. The Labute approximate surface area is 181 Å². The van der Waals surface area contributed by atoms with Gasteiger partial charge in [-0.1, -0.05) is 6.07 Å². The minimum Gasteiger partial charge on any atom is -0.459 e. The molecule has 164 valence electrons. The van der Waals surface area contributed by atoms with Crippen LogP contribution in [0.15, 0.2) is 30.7 Å². The zero-order chi connectivity index (χ0) is 21.6. The molecule has 4 rings (SSSR count). The zero-order valence-electron chi connectivity index (χ0n) is 17.7. The zero-order valence-corrected chi connectivity index (χ0v) is 17.7. The molecule has 0 spiro atoms. The van der Waals surface area contributed by atoms with Crippen LogP contribution in [-0.4, -0.2) is 77.7 Å². The van der Waals surface area contributed by atoms with Gasteiger partial charge < -0.3 is 19.3 Å². The minimum atomic E-state index is -0.799. The lowest BCUT2D eigenvalue weighted by Crippen LogP contribution is -2.43. The molecular formula is C22H27N5O4. The lowest BCUT2D eigenvalue weighted by Gasteiger charge is -2.33. The van der Waals surface area contributed by atoms with Crippen LogP contribution in [0.2, 0.25) is 0 Å². The van der Waals surface area contributed by atoms with E-state index >= 15 is 0 Å². The number of morpholine rings is 1. The first-order chi connectivity index (χ1) is 15.2. The van der Waals surface area contributed by atoms with Crippen LogP contribution in [0, 0.1) is 0 Å². The third kappa shape index (κ3) is 4.82. The summed E-state index contributed by atoms with van der Waals surface area (Å²) >= 11 is 0. The van der Waals surface area contributed by atoms with Crippen LogP contribution < -0.4 is 4.90 Å². The Morgan fingerprint density at radius 2 is 2.06 bits per heavy atom. The summed E-state index contributed by atoms with van der Waals surface area (Å²) in [6, 6.07) is 3.86. The van der Waals surface area contributed by atoms with Crippen molar-refractivity contribution in [3.63, 3.8) is 0 Å². The van der Waals surface area contributed by atoms with Crippen molar-refractivity contribution in [3.8, 4) is 11.1 Å². The SMILES string of the molecule is CCOC(=O)C(=O)N1CCC[C@@H](c2nc(N3CCOCC3)ncc2-c2cccnc2)C1. The average molecular weight is 425 g/mol. The summed E-state index contributed by atoms with van der Waals surface area (Å²) in [6.45, 7) is 5.61. The second-order valence-corrected chi connectivity index (χ2v) is 7.62. The normalized spacial score (nSPS) is 19.2. The van der Waals surface area contributed by atoms with E-state index in [-0.39, 0.29) is 12.5 Å². The number of hydrogen-bond donors (Lipinski definition) is 0.